The van der Waals surface area contributed by atoms with Crippen molar-refractivity contribution in [2.45, 2.75) is 52.7 Å². The first-order chi connectivity index (χ1) is 14.6. The van der Waals surface area contributed by atoms with E-state index in [0.717, 1.165) is 10.4 Å². The zero-order valence-electron chi connectivity index (χ0n) is 18.1. The highest BCUT2D eigenvalue weighted by atomic mass is 32.1. The first kappa shape index (κ1) is 22.9. The van der Waals surface area contributed by atoms with Crippen molar-refractivity contribution in [2.75, 3.05) is 6.54 Å². The summed E-state index contributed by atoms with van der Waals surface area (Å²) in [6.07, 6.45) is 0.646. The highest BCUT2D eigenvalue weighted by Crippen LogP contribution is 2.42. The van der Waals surface area contributed by atoms with Gasteiger partial charge in [-0.1, -0.05) is 13.8 Å². The summed E-state index contributed by atoms with van der Waals surface area (Å²) in [5, 5.41) is 5.53. The van der Waals surface area contributed by atoms with Crippen LogP contribution in [0.25, 0.3) is 10.4 Å². The van der Waals surface area contributed by atoms with Crippen LogP contribution in [0.4, 0.5) is 4.39 Å². The first-order valence-electron chi connectivity index (χ1n) is 10.3. The summed E-state index contributed by atoms with van der Waals surface area (Å²) in [7, 11) is 0. The lowest BCUT2D eigenvalue weighted by molar-refractivity contribution is -0.128. The molecule has 0 saturated heterocycles. The van der Waals surface area contributed by atoms with Gasteiger partial charge in [-0.25, -0.2) is 4.39 Å². The monoisotopic (exact) mass is 446 g/mol. The third kappa shape index (κ3) is 5.70. The molecule has 2 amide bonds. The minimum atomic E-state index is -0.606. The van der Waals surface area contributed by atoms with Gasteiger partial charge in [0.05, 0.1) is 11.4 Å². The second-order valence-corrected chi connectivity index (χ2v) is 9.32. The number of thiophene rings is 1. The van der Waals surface area contributed by atoms with E-state index in [2.05, 4.69) is 10.6 Å². The molecule has 1 aromatic heterocycles. The maximum atomic E-state index is 14.2. The summed E-state index contributed by atoms with van der Waals surface area (Å²) in [4.78, 5) is 37.0. The first-order valence-corrected chi connectivity index (χ1v) is 11.1. The van der Waals surface area contributed by atoms with Crippen molar-refractivity contribution in [1.82, 2.24) is 10.6 Å². The minimum Gasteiger partial charge on any atom is -0.487 e. The fourth-order valence-corrected chi connectivity index (χ4v) is 4.56. The standard InChI is InChI=1S/C23H27FN2O4S/c1-12(2)7-19(26-14(4)28)23(29)25-11-17-9-15-8-16(24)10-18(22(15)30-17)21-6-5-20(31-21)13(3)27/h5-6,8,10,12,17,19H,7,9,11H2,1-4H3,(H,25,29)(H,26,28)/t17?,19-/m0/s1. The van der Waals surface area contributed by atoms with Crippen molar-refractivity contribution >= 4 is 28.9 Å². The maximum Gasteiger partial charge on any atom is 0.242 e. The Bertz CT molecular complexity index is 1000. The number of ether oxygens (including phenoxy) is 1. The number of ketones is 1. The Kier molecular flexibility index (Phi) is 7.10. The molecule has 0 aliphatic carbocycles. The van der Waals surface area contributed by atoms with E-state index in [4.69, 9.17) is 4.74 Å². The molecule has 2 aromatic rings. The molecule has 3 rings (SSSR count). The lowest BCUT2D eigenvalue weighted by Gasteiger charge is -2.20. The van der Waals surface area contributed by atoms with E-state index in [1.54, 1.807) is 12.1 Å². The molecule has 0 bridgehead atoms. The molecule has 0 radical (unpaired) electrons. The molecular weight excluding hydrogens is 419 g/mol. The lowest BCUT2D eigenvalue weighted by atomic mass is 10.0. The van der Waals surface area contributed by atoms with Gasteiger partial charge in [0.25, 0.3) is 0 Å². The summed E-state index contributed by atoms with van der Waals surface area (Å²) >= 11 is 1.30. The van der Waals surface area contributed by atoms with Crippen LogP contribution in [-0.4, -0.2) is 36.3 Å². The van der Waals surface area contributed by atoms with Gasteiger partial charge in [-0.15, -0.1) is 11.3 Å². The Hall–Kier alpha value is -2.74. The molecule has 2 N–H and O–H groups in total. The Morgan fingerprint density at radius 3 is 2.58 bits per heavy atom. The Balaban J connectivity index is 1.71. The molecule has 2 atom stereocenters. The number of amides is 2. The van der Waals surface area contributed by atoms with Crippen LogP contribution < -0.4 is 15.4 Å². The average molecular weight is 447 g/mol. The molecule has 31 heavy (non-hydrogen) atoms. The van der Waals surface area contributed by atoms with Crippen LogP contribution in [-0.2, 0) is 16.0 Å². The maximum absolute atomic E-state index is 14.2. The van der Waals surface area contributed by atoms with Crippen molar-refractivity contribution in [1.29, 1.82) is 0 Å². The molecule has 2 heterocycles. The molecule has 0 spiro atoms. The normalized spacial score (nSPS) is 15.9. The SMILES string of the molecule is CC(=O)N[C@@H](CC(C)C)C(=O)NCC1Cc2cc(F)cc(-c3ccc(C(C)=O)s3)c2O1. The fraction of sp³-hybridized carbons (Fsp3) is 0.435. The number of fused-ring (bicyclic) bond motifs is 1. The van der Waals surface area contributed by atoms with Gasteiger partial charge in [-0.2, -0.15) is 0 Å². The fourth-order valence-electron chi connectivity index (χ4n) is 3.65. The molecule has 6 nitrogen and oxygen atoms in total. The van der Waals surface area contributed by atoms with Crippen LogP contribution in [0.15, 0.2) is 24.3 Å². The number of rotatable bonds is 8. The Labute approximate surface area is 185 Å². The van der Waals surface area contributed by atoms with E-state index in [1.165, 1.54) is 37.3 Å². The van der Waals surface area contributed by atoms with Gasteiger partial charge in [-0.05, 0) is 43.5 Å². The predicted octanol–water partition coefficient (Wildman–Crippen LogP) is 3.73. The second kappa shape index (κ2) is 9.60. The Morgan fingerprint density at radius 2 is 1.97 bits per heavy atom. The van der Waals surface area contributed by atoms with Gasteiger partial charge in [0.1, 0.15) is 23.7 Å². The number of hydrogen-bond acceptors (Lipinski definition) is 5. The summed E-state index contributed by atoms with van der Waals surface area (Å²) in [6, 6.07) is 5.76. The second-order valence-electron chi connectivity index (χ2n) is 8.23. The van der Waals surface area contributed by atoms with Crippen LogP contribution >= 0.6 is 11.3 Å². The van der Waals surface area contributed by atoms with Gasteiger partial charge >= 0.3 is 0 Å². The van der Waals surface area contributed by atoms with Crippen molar-refractivity contribution < 1.29 is 23.5 Å². The van der Waals surface area contributed by atoms with Crippen LogP contribution in [0.5, 0.6) is 5.75 Å². The number of carbonyl (C=O) groups excluding carboxylic acids is 3. The van der Waals surface area contributed by atoms with Crippen molar-refractivity contribution in [3.8, 4) is 16.2 Å². The van der Waals surface area contributed by atoms with E-state index >= 15 is 0 Å². The largest absolute Gasteiger partial charge is 0.487 e. The molecule has 1 unspecified atom stereocenters. The average Bonchev–Trinajstić information content (AvgIpc) is 3.31. The number of hydrogen-bond donors (Lipinski definition) is 2. The van der Waals surface area contributed by atoms with Crippen molar-refractivity contribution in [2.24, 2.45) is 5.92 Å². The minimum absolute atomic E-state index is 0.0408. The summed E-state index contributed by atoms with van der Waals surface area (Å²) in [5.41, 5.74) is 1.34. The number of nitrogens with one attached hydrogen (secondary N) is 2. The van der Waals surface area contributed by atoms with Gasteiger partial charge in [0, 0.05) is 29.3 Å². The molecule has 166 valence electrons. The molecule has 8 heteroatoms. The van der Waals surface area contributed by atoms with Crippen LogP contribution in [0.1, 0.15) is 49.4 Å². The third-order valence-electron chi connectivity index (χ3n) is 4.99. The van der Waals surface area contributed by atoms with E-state index in [0.29, 0.717) is 29.0 Å². The van der Waals surface area contributed by atoms with Crippen LogP contribution in [0, 0.1) is 11.7 Å². The zero-order valence-corrected chi connectivity index (χ0v) is 18.9. The summed E-state index contributed by atoms with van der Waals surface area (Å²) in [6.45, 7) is 7.09. The van der Waals surface area contributed by atoms with Crippen molar-refractivity contribution in [3.05, 3.63) is 40.5 Å². The van der Waals surface area contributed by atoms with Crippen molar-refractivity contribution in [3.63, 3.8) is 0 Å². The lowest BCUT2D eigenvalue weighted by Crippen LogP contribution is -2.48. The van der Waals surface area contributed by atoms with Gasteiger partial charge < -0.3 is 15.4 Å². The van der Waals surface area contributed by atoms with Crippen LogP contribution in [0.2, 0.25) is 0 Å². The molecule has 1 aliphatic heterocycles. The van der Waals surface area contributed by atoms with Gasteiger partial charge in [0.2, 0.25) is 11.8 Å². The molecule has 1 aliphatic rings. The van der Waals surface area contributed by atoms with Crippen LogP contribution in [0.3, 0.4) is 0 Å². The quantitative estimate of drug-likeness (QED) is 0.605. The Morgan fingerprint density at radius 1 is 1.23 bits per heavy atom. The number of carbonyl (C=O) groups is 3. The van der Waals surface area contributed by atoms with E-state index in [1.807, 2.05) is 13.8 Å². The number of Topliss-reactive ketones (excluding diaryl/α,β-unsaturated/α-hetero) is 1. The summed E-state index contributed by atoms with van der Waals surface area (Å²) in [5.74, 6) is -0.113. The van der Waals surface area contributed by atoms with E-state index in [-0.39, 0.29) is 42.0 Å². The van der Waals surface area contributed by atoms with Gasteiger partial charge in [-0.3, -0.25) is 14.4 Å². The third-order valence-corrected chi connectivity index (χ3v) is 6.21. The molecule has 0 saturated carbocycles. The molecule has 1 aromatic carbocycles. The van der Waals surface area contributed by atoms with Gasteiger partial charge in [0.15, 0.2) is 5.78 Å². The smallest absolute Gasteiger partial charge is 0.242 e. The summed E-state index contributed by atoms with van der Waals surface area (Å²) < 4.78 is 20.3. The topological polar surface area (TPSA) is 84.5 Å². The predicted molar refractivity (Wildman–Crippen MR) is 118 cm³/mol. The van der Waals surface area contributed by atoms with E-state index in [9.17, 15) is 18.8 Å². The van der Waals surface area contributed by atoms with E-state index < -0.39 is 6.04 Å². The molecule has 0 fully saturated rings. The molecular formula is C23H27FN2O4S. The number of halogens is 1. The highest BCUT2D eigenvalue weighted by Gasteiger charge is 2.29. The highest BCUT2D eigenvalue weighted by molar-refractivity contribution is 7.17. The zero-order chi connectivity index (χ0) is 22.7. The number of benzene rings is 1.